The van der Waals surface area contributed by atoms with Gasteiger partial charge in [-0.05, 0) is 24.2 Å². The van der Waals surface area contributed by atoms with Crippen LogP contribution in [0.25, 0.3) is 0 Å². The van der Waals surface area contributed by atoms with Crippen LogP contribution in [-0.4, -0.2) is 24.9 Å². The Balaban J connectivity index is 2.74. The van der Waals surface area contributed by atoms with Crippen molar-refractivity contribution in [3.63, 3.8) is 0 Å². The van der Waals surface area contributed by atoms with E-state index in [0.29, 0.717) is 11.8 Å². The van der Waals surface area contributed by atoms with Crippen LogP contribution in [0, 0.1) is 17.3 Å². The largest absolute Gasteiger partial charge is 0.349 e. The molecule has 0 aliphatic heterocycles. The zero-order valence-electron chi connectivity index (χ0n) is 10.1. The van der Waals surface area contributed by atoms with Crippen LogP contribution in [0.2, 0.25) is 0 Å². The van der Waals surface area contributed by atoms with E-state index in [0.717, 1.165) is 6.42 Å². The van der Waals surface area contributed by atoms with E-state index < -0.39 is 0 Å². The van der Waals surface area contributed by atoms with Crippen LogP contribution in [0.3, 0.4) is 0 Å². The van der Waals surface area contributed by atoms with Crippen LogP contribution in [0.5, 0.6) is 0 Å². The van der Waals surface area contributed by atoms with Gasteiger partial charge in [0.1, 0.15) is 0 Å². The molecule has 1 aliphatic rings. The maximum Gasteiger partial charge on any atom is 0.225 e. The average molecular weight is 197 g/mol. The van der Waals surface area contributed by atoms with Crippen molar-refractivity contribution in [3.05, 3.63) is 0 Å². The molecule has 0 aromatic heterocycles. The molecule has 2 unspecified atom stereocenters. The quantitative estimate of drug-likeness (QED) is 0.632. The molecule has 14 heavy (non-hydrogen) atoms. The van der Waals surface area contributed by atoms with E-state index in [1.54, 1.807) is 4.90 Å². The molecule has 0 N–H and O–H groups in total. The molecule has 0 radical (unpaired) electrons. The molecule has 0 saturated heterocycles. The summed E-state index contributed by atoms with van der Waals surface area (Å²) in [6.07, 6.45) is 3.51. The second kappa shape index (κ2) is 3.92. The molecule has 0 heterocycles. The Morgan fingerprint density at radius 3 is 2.21 bits per heavy atom. The summed E-state index contributed by atoms with van der Waals surface area (Å²) in [6, 6.07) is 0. The number of amides is 1. The predicted molar refractivity (Wildman–Crippen MR) is 59.0 cm³/mol. The highest BCUT2D eigenvalue weighted by molar-refractivity contribution is 5.79. The van der Waals surface area contributed by atoms with Gasteiger partial charge in [0.05, 0.1) is 0 Å². The highest BCUT2D eigenvalue weighted by Gasteiger charge is 2.40. The molecule has 1 amide bonds. The molecular formula is C12H23NO. The summed E-state index contributed by atoms with van der Waals surface area (Å²) in [7, 11) is 3.72. The summed E-state index contributed by atoms with van der Waals surface area (Å²) in [5.41, 5.74) is 0.271. The zero-order valence-corrected chi connectivity index (χ0v) is 10.1. The topological polar surface area (TPSA) is 20.3 Å². The van der Waals surface area contributed by atoms with Crippen molar-refractivity contribution in [2.45, 2.75) is 40.0 Å². The summed E-state index contributed by atoms with van der Waals surface area (Å²) in [5, 5.41) is 0. The average Bonchev–Trinajstić information content (AvgIpc) is 2.48. The van der Waals surface area contributed by atoms with Crippen LogP contribution in [0.15, 0.2) is 0 Å². The van der Waals surface area contributed by atoms with Crippen molar-refractivity contribution >= 4 is 5.91 Å². The van der Waals surface area contributed by atoms with E-state index in [1.165, 1.54) is 12.8 Å². The van der Waals surface area contributed by atoms with E-state index >= 15 is 0 Å². The maximum atomic E-state index is 11.9. The van der Waals surface area contributed by atoms with Gasteiger partial charge < -0.3 is 4.90 Å². The van der Waals surface area contributed by atoms with Crippen molar-refractivity contribution in [3.8, 4) is 0 Å². The molecule has 1 saturated carbocycles. The molecule has 0 bridgehead atoms. The molecule has 82 valence electrons. The van der Waals surface area contributed by atoms with Gasteiger partial charge in [0.15, 0.2) is 0 Å². The summed E-state index contributed by atoms with van der Waals surface area (Å²) in [5.74, 6) is 1.16. The first-order valence-electron chi connectivity index (χ1n) is 5.55. The summed E-state index contributed by atoms with van der Waals surface area (Å²) >= 11 is 0. The molecular weight excluding hydrogens is 174 g/mol. The third-order valence-electron chi connectivity index (χ3n) is 3.39. The standard InChI is InChI=1S/C12H23NO/c1-12(2,3)10-8-6-7-9(10)11(14)13(4)5/h9-10H,6-8H2,1-5H3. The highest BCUT2D eigenvalue weighted by Crippen LogP contribution is 2.43. The molecule has 1 fully saturated rings. The summed E-state index contributed by atoms with van der Waals surface area (Å²) in [4.78, 5) is 13.7. The lowest BCUT2D eigenvalue weighted by Crippen LogP contribution is -2.36. The number of rotatable bonds is 1. The van der Waals surface area contributed by atoms with Crippen LogP contribution >= 0.6 is 0 Å². The van der Waals surface area contributed by atoms with Gasteiger partial charge >= 0.3 is 0 Å². The molecule has 2 atom stereocenters. The van der Waals surface area contributed by atoms with Crippen molar-refractivity contribution in [1.82, 2.24) is 4.90 Å². The Labute approximate surface area is 87.7 Å². The third kappa shape index (κ3) is 2.28. The van der Waals surface area contributed by atoms with Gasteiger partial charge in [-0.1, -0.05) is 27.2 Å². The summed E-state index contributed by atoms with van der Waals surface area (Å²) in [6.45, 7) is 6.75. The van der Waals surface area contributed by atoms with E-state index in [4.69, 9.17) is 0 Å². The SMILES string of the molecule is CN(C)C(=O)C1CCCC1C(C)(C)C. The molecule has 0 aromatic carbocycles. The Morgan fingerprint density at radius 2 is 1.79 bits per heavy atom. The smallest absolute Gasteiger partial charge is 0.225 e. The monoisotopic (exact) mass is 197 g/mol. The summed E-state index contributed by atoms with van der Waals surface area (Å²) < 4.78 is 0. The van der Waals surface area contributed by atoms with Gasteiger partial charge in [0.25, 0.3) is 0 Å². The van der Waals surface area contributed by atoms with Crippen LogP contribution in [-0.2, 0) is 4.79 Å². The molecule has 2 heteroatoms. The number of carbonyl (C=O) groups excluding carboxylic acids is 1. The van der Waals surface area contributed by atoms with Crippen molar-refractivity contribution in [2.75, 3.05) is 14.1 Å². The number of carbonyl (C=O) groups is 1. The minimum absolute atomic E-state index is 0.269. The normalized spacial score (nSPS) is 27.8. The fraction of sp³-hybridized carbons (Fsp3) is 0.917. The predicted octanol–water partition coefficient (Wildman–Crippen LogP) is 2.54. The Bertz CT molecular complexity index is 215. The highest BCUT2D eigenvalue weighted by atomic mass is 16.2. The van der Waals surface area contributed by atoms with Crippen LogP contribution in [0.4, 0.5) is 0 Å². The fourth-order valence-electron chi connectivity index (χ4n) is 2.62. The Kier molecular flexibility index (Phi) is 3.23. The number of nitrogens with zero attached hydrogens (tertiary/aromatic N) is 1. The van der Waals surface area contributed by atoms with Crippen molar-refractivity contribution in [2.24, 2.45) is 17.3 Å². The van der Waals surface area contributed by atoms with Gasteiger partial charge in [-0.2, -0.15) is 0 Å². The molecule has 0 aromatic rings. The van der Waals surface area contributed by atoms with Crippen molar-refractivity contribution in [1.29, 1.82) is 0 Å². The van der Waals surface area contributed by atoms with Gasteiger partial charge in [0, 0.05) is 20.0 Å². The van der Waals surface area contributed by atoms with Crippen LogP contribution in [0.1, 0.15) is 40.0 Å². The van der Waals surface area contributed by atoms with E-state index in [2.05, 4.69) is 20.8 Å². The maximum absolute atomic E-state index is 11.9. The van der Waals surface area contributed by atoms with E-state index in [1.807, 2.05) is 14.1 Å². The van der Waals surface area contributed by atoms with Crippen molar-refractivity contribution < 1.29 is 4.79 Å². The lowest BCUT2D eigenvalue weighted by molar-refractivity contribution is -0.135. The zero-order chi connectivity index (χ0) is 10.9. The minimum atomic E-state index is 0.269. The lowest BCUT2D eigenvalue weighted by atomic mass is 9.74. The fourth-order valence-corrected chi connectivity index (χ4v) is 2.62. The second-order valence-electron chi connectivity index (χ2n) is 5.74. The molecule has 0 spiro atoms. The first-order valence-corrected chi connectivity index (χ1v) is 5.55. The number of hydrogen-bond acceptors (Lipinski definition) is 1. The van der Waals surface area contributed by atoms with Gasteiger partial charge in [-0.3, -0.25) is 4.79 Å². The van der Waals surface area contributed by atoms with E-state index in [9.17, 15) is 4.79 Å². The Morgan fingerprint density at radius 1 is 1.21 bits per heavy atom. The first-order chi connectivity index (χ1) is 6.34. The van der Waals surface area contributed by atoms with Gasteiger partial charge in [-0.15, -0.1) is 0 Å². The molecule has 1 aliphatic carbocycles. The first kappa shape index (κ1) is 11.5. The minimum Gasteiger partial charge on any atom is -0.349 e. The molecule has 1 rings (SSSR count). The third-order valence-corrected chi connectivity index (χ3v) is 3.39. The number of hydrogen-bond donors (Lipinski definition) is 0. The molecule has 2 nitrogen and oxygen atoms in total. The second-order valence-corrected chi connectivity index (χ2v) is 5.74. The van der Waals surface area contributed by atoms with Crippen LogP contribution < -0.4 is 0 Å². The Hall–Kier alpha value is -0.530. The lowest BCUT2D eigenvalue weighted by Gasteiger charge is -2.32. The van der Waals surface area contributed by atoms with Gasteiger partial charge in [-0.25, -0.2) is 0 Å². The van der Waals surface area contributed by atoms with E-state index in [-0.39, 0.29) is 11.3 Å². The van der Waals surface area contributed by atoms with Gasteiger partial charge in [0.2, 0.25) is 5.91 Å².